The highest BCUT2D eigenvalue weighted by molar-refractivity contribution is 7.71. The minimum atomic E-state index is -0.0133. The van der Waals surface area contributed by atoms with E-state index in [0.717, 1.165) is 17.8 Å². The van der Waals surface area contributed by atoms with E-state index in [4.69, 9.17) is 12.2 Å². The zero-order valence-electron chi connectivity index (χ0n) is 10.3. The topological polar surface area (TPSA) is 64.8 Å². The lowest BCUT2D eigenvalue weighted by molar-refractivity contribution is -0.129. The average Bonchev–Trinajstić information content (AvgIpc) is 2.99. The molecule has 1 fully saturated rings. The quantitative estimate of drug-likeness (QED) is 0.844. The Hall–Kier alpha value is -1.95. The lowest BCUT2D eigenvalue weighted by Crippen LogP contribution is -2.27. The van der Waals surface area contributed by atoms with E-state index in [9.17, 15) is 4.79 Å². The van der Waals surface area contributed by atoms with Gasteiger partial charge in [-0.05, 0) is 24.2 Å². The van der Waals surface area contributed by atoms with Crippen molar-refractivity contribution in [2.24, 2.45) is 0 Å². The predicted molar refractivity (Wildman–Crippen MR) is 72.7 cm³/mol. The molecule has 1 saturated heterocycles. The lowest BCUT2D eigenvalue weighted by Gasteiger charge is -2.23. The van der Waals surface area contributed by atoms with Crippen molar-refractivity contribution in [2.45, 2.75) is 25.4 Å². The van der Waals surface area contributed by atoms with Crippen molar-refractivity contribution in [3.8, 4) is 0 Å². The number of likely N-dealkylation sites (tertiary alicyclic amines) is 1. The van der Waals surface area contributed by atoms with Crippen molar-refractivity contribution in [3.05, 3.63) is 46.5 Å². The van der Waals surface area contributed by atoms with Gasteiger partial charge in [-0.3, -0.25) is 15.0 Å². The van der Waals surface area contributed by atoms with Gasteiger partial charge in [0.25, 0.3) is 0 Å². The maximum Gasteiger partial charge on any atom is 0.223 e. The van der Waals surface area contributed by atoms with Crippen LogP contribution in [-0.2, 0) is 11.3 Å². The number of amides is 1. The molecule has 1 aromatic carbocycles. The number of nitrogens with one attached hydrogen (secondary N) is 2. The molecule has 2 aromatic rings. The highest BCUT2D eigenvalue weighted by atomic mass is 32.1. The van der Waals surface area contributed by atoms with Crippen LogP contribution in [0.2, 0.25) is 0 Å². The molecule has 1 atom stereocenters. The number of nitrogens with zero attached hydrogens (tertiary/aromatic N) is 2. The van der Waals surface area contributed by atoms with Crippen LogP contribution in [0.4, 0.5) is 0 Å². The molecule has 6 heteroatoms. The van der Waals surface area contributed by atoms with Gasteiger partial charge in [-0.1, -0.05) is 30.3 Å². The van der Waals surface area contributed by atoms with Crippen LogP contribution < -0.4 is 0 Å². The van der Waals surface area contributed by atoms with E-state index >= 15 is 0 Å². The molecule has 0 radical (unpaired) electrons. The first kappa shape index (κ1) is 12.1. The van der Waals surface area contributed by atoms with E-state index in [0.29, 0.717) is 17.7 Å². The number of aromatic nitrogens is 3. The predicted octanol–water partition coefficient (Wildman–Crippen LogP) is 2.33. The zero-order chi connectivity index (χ0) is 13.2. The van der Waals surface area contributed by atoms with E-state index in [2.05, 4.69) is 15.2 Å². The Kier molecular flexibility index (Phi) is 3.16. The van der Waals surface area contributed by atoms with Gasteiger partial charge < -0.3 is 4.90 Å². The van der Waals surface area contributed by atoms with Crippen molar-refractivity contribution in [1.29, 1.82) is 0 Å². The van der Waals surface area contributed by atoms with Gasteiger partial charge in [0.15, 0.2) is 0 Å². The molecule has 0 spiro atoms. The van der Waals surface area contributed by atoms with Gasteiger partial charge >= 0.3 is 0 Å². The minimum absolute atomic E-state index is 0.0133. The number of benzene rings is 1. The fourth-order valence-corrected chi connectivity index (χ4v) is 2.59. The molecular weight excluding hydrogens is 260 g/mol. The second-order valence-corrected chi connectivity index (χ2v) is 5.00. The summed E-state index contributed by atoms with van der Waals surface area (Å²) >= 11 is 4.96. The molecule has 0 aliphatic carbocycles. The Morgan fingerprint density at radius 3 is 2.79 bits per heavy atom. The molecule has 3 rings (SSSR count). The van der Waals surface area contributed by atoms with Gasteiger partial charge in [-0.2, -0.15) is 0 Å². The Morgan fingerprint density at radius 2 is 2.11 bits per heavy atom. The average molecular weight is 274 g/mol. The molecule has 1 aliphatic rings. The molecule has 0 unspecified atom stereocenters. The van der Waals surface area contributed by atoms with Gasteiger partial charge in [0.2, 0.25) is 10.7 Å². The maximum absolute atomic E-state index is 12.0. The van der Waals surface area contributed by atoms with E-state index in [1.165, 1.54) is 0 Å². The molecular formula is C13H14N4OS. The highest BCUT2D eigenvalue weighted by Crippen LogP contribution is 2.31. The third kappa shape index (κ3) is 2.44. The fourth-order valence-electron chi connectivity index (χ4n) is 2.44. The molecule has 0 bridgehead atoms. The fraction of sp³-hybridized carbons (Fsp3) is 0.308. The number of aromatic amines is 2. The Bertz CT molecular complexity index is 633. The second-order valence-electron chi connectivity index (χ2n) is 4.61. The standard InChI is InChI=1S/C13H14N4OS/c18-11-7-6-10(12-14-13(19)16-15-12)17(11)8-9-4-2-1-3-5-9/h1-5,10H,6-8H2,(H2,14,15,16,19)/t10-/m0/s1. The summed E-state index contributed by atoms with van der Waals surface area (Å²) in [6, 6.07) is 9.96. The summed E-state index contributed by atoms with van der Waals surface area (Å²) in [6.07, 6.45) is 1.34. The first-order chi connectivity index (χ1) is 9.24. The second kappa shape index (κ2) is 4.97. The van der Waals surface area contributed by atoms with Crippen LogP contribution in [0, 0.1) is 4.77 Å². The summed E-state index contributed by atoms with van der Waals surface area (Å²) in [5, 5.41) is 5.74. The smallest absolute Gasteiger partial charge is 0.223 e. The molecule has 1 amide bonds. The van der Waals surface area contributed by atoms with Crippen LogP contribution in [0.25, 0.3) is 0 Å². The highest BCUT2D eigenvalue weighted by Gasteiger charge is 2.33. The molecule has 1 aliphatic heterocycles. The van der Waals surface area contributed by atoms with Crippen LogP contribution in [0.15, 0.2) is 30.3 Å². The van der Waals surface area contributed by atoms with E-state index in [1.54, 1.807) is 0 Å². The Labute approximate surface area is 115 Å². The minimum Gasteiger partial charge on any atom is -0.328 e. The number of hydrogen-bond acceptors (Lipinski definition) is 3. The number of carbonyl (C=O) groups is 1. The normalized spacial score (nSPS) is 19.1. The number of H-pyrrole nitrogens is 2. The summed E-state index contributed by atoms with van der Waals surface area (Å²) in [5.74, 6) is 0.906. The molecule has 1 aromatic heterocycles. The first-order valence-corrected chi connectivity index (χ1v) is 6.63. The lowest BCUT2D eigenvalue weighted by atomic mass is 10.2. The van der Waals surface area contributed by atoms with Gasteiger partial charge in [0.05, 0.1) is 6.04 Å². The van der Waals surface area contributed by atoms with Gasteiger partial charge in [-0.25, -0.2) is 4.98 Å². The molecule has 2 heterocycles. The van der Waals surface area contributed by atoms with Gasteiger partial charge in [0.1, 0.15) is 5.82 Å². The van der Waals surface area contributed by atoms with Crippen molar-refractivity contribution in [3.63, 3.8) is 0 Å². The van der Waals surface area contributed by atoms with Crippen molar-refractivity contribution < 1.29 is 4.79 Å². The van der Waals surface area contributed by atoms with Crippen molar-refractivity contribution in [2.75, 3.05) is 0 Å². The van der Waals surface area contributed by atoms with Crippen molar-refractivity contribution >= 4 is 18.1 Å². The molecule has 0 saturated carbocycles. The third-order valence-corrected chi connectivity index (χ3v) is 3.55. The van der Waals surface area contributed by atoms with E-state index < -0.39 is 0 Å². The molecule has 98 valence electrons. The summed E-state index contributed by atoms with van der Waals surface area (Å²) < 4.78 is 0.425. The van der Waals surface area contributed by atoms with E-state index in [1.807, 2.05) is 35.2 Å². The number of hydrogen-bond donors (Lipinski definition) is 2. The van der Waals surface area contributed by atoms with E-state index in [-0.39, 0.29) is 11.9 Å². The van der Waals surface area contributed by atoms with Crippen LogP contribution in [0.5, 0.6) is 0 Å². The summed E-state index contributed by atoms with van der Waals surface area (Å²) in [6.45, 7) is 0.609. The molecule has 5 nitrogen and oxygen atoms in total. The van der Waals surface area contributed by atoms with Gasteiger partial charge in [-0.15, -0.1) is 0 Å². The van der Waals surface area contributed by atoms with Crippen LogP contribution in [0.3, 0.4) is 0 Å². The van der Waals surface area contributed by atoms with Crippen LogP contribution in [0.1, 0.15) is 30.3 Å². The molecule has 19 heavy (non-hydrogen) atoms. The monoisotopic (exact) mass is 274 g/mol. The summed E-state index contributed by atoms with van der Waals surface area (Å²) in [7, 11) is 0. The number of carbonyl (C=O) groups excluding carboxylic acids is 1. The summed E-state index contributed by atoms with van der Waals surface area (Å²) in [4.78, 5) is 18.1. The van der Waals surface area contributed by atoms with Crippen LogP contribution in [-0.4, -0.2) is 26.0 Å². The first-order valence-electron chi connectivity index (χ1n) is 6.22. The SMILES string of the molecule is O=C1CC[C@@H](c2nc(=S)[nH][nH]2)N1Cc1ccccc1. The Balaban J connectivity index is 1.85. The largest absolute Gasteiger partial charge is 0.328 e. The van der Waals surface area contributed by atoms with Gasteiger partial charge in [0, 0.05) is 13.0 Å². The number of rotatable bonds is 3. The Morgan fingerprint density at radius 1 is 1.32 bits per heavy atom. The molecule has 2 N–H and O–H groups in total. The van der Waals surface area contributed by atoms with Crippen LogP contribution >= 0.6 is 12.2 Å². The third-order valence-electron chi connectivity index (χ3n) is 3.36. The van der Waals surface area contributed by atoms with Crippen molar-refractivity contribution in [1.82, 2.24) is 20.1 Å². The maximum atomic E-state index is 12.0. The summed E-state index contributed by atoms with van der Waals surface area (Å²) in [5.41, 5.74) is 1.12. The zero-order valence-corrected chi connectivity index (χ0v) is 11.1.